The summed E-state index contributed by atoms with van der Waals surface area (Å²) in [4.78, 5) is 0. The van der Waals surface area contributed by atoms with Crippen LogP contribution in [0.5, 0.6) is 0 Å². The Morgan fingerprint density at radius 3 is 1.94 bits per heavy atom. The van der Waals surface area contributed by atoms with Crippen LogP contribution >= 0.6 is 0 Å². The van der Waals surface area contributed by atoms with E-state index < -0.39 is 0 Å². The molecule has 0 spiro atoms. The van der Waals surface area contributed by atoms with Gasteiger partial charge in [-0.3, -0.25) is 0 Å². The second-order valence-electron chi connectivity index (χ2n) is 8.17. The molecule has 0 aliphatic heterocycles. The Morgan fingerprint density at radius 2 is 1.03 bits per heavy atom. The van der Waals surface area contributed by atoms with Gasteiger partial charge in [-0.25, -0.2) is 0 Å². The highest BCUT2D eigenvalue weighted by Crippen LogP contribution is 2.39. The van der Waals surface area contributed by atoms with E-state index in [9.17, 15) is 0 Å². The summed E-state index contributed by atoms with van der Waals surface area (Å²) in [6.45, 7) is 0. The fourth-order valence-corrected chi connectivity index (χ4v) is 4.73. The van der Waals surface area contributed by atoms with Crippen molar-refractivity contribution < 1.29 is 8.83 Å². The van der Waals surface area contributed by atoms with Gasteiger partial charge < -0.3 is 8.83 Å². The van der Waals surface area contributed by atoms with Crippen LogP contribution in [-0.4, -0.2) is 0 Å². The fourth-order valence-electron chi connectivity index (χ4n) is 4.73. The molecule has 0 amide bonds. The molecule has 7 rings (SSSR count). The van der Waals surface area contributed by atoms with E-state index in [1.54, 1.807) is 0 Å². The summed E-state index contributed by atoms with van der Waals surface area (Å²) >= 11 is 0. The van der Waals surface area contributed by atoms with Crippen molar-refractivity contribution in [3.63, 3.8) is 0 Å². The van der Waals surface area contributed by atoms with Crippen LogP contribution in [0.15, 0.2) is 118 Å². The summed E-state index contributed by atoms with van der Waals surface area (Å²) in [6, 6.07) is 37.8. The maximum Gasteiger partial charge on any atom is 0.143 e. The monoisotopic (exact) mass is 410 g/mol. The minimum atomic E-state index is 0.902. The molecule has 0 aliphatic rings. The van der Waals surface area contributed by atoms with Gasteiger partial charge in [-0.1, -0.05) is 78.9 Å². The summed E-state index contributed by atoms with van der Waals surface area (Å²) in [5, 5.41) is 4.52. The van der Waals surface area contributed by atoms with E-state index in [4.69, 9.17) is 8.83 Å². The molecular weight excluding hydrogens is 392 g/mol. The molecule has 2 heterocycles. The van der Waals surface area contributed by atoms with Crippen LogP contribution in [0, 0.1) is 0 Å². The zero-order valence-electron chi connectivity index (χ0n) is 17.2. The standard InChI is InChI=1S/C30H18O2/c1-2-7-19(8-3-1)20-13-15-29-26(17-20)24-11-6-10-22(30(24)32-29)21-14-16-28-25(18-21)23-9-4-5-12-27(23)31-28/h1-18H. The van der Waals surface area contributed by atoms with Gasteiger partial charge in [0.15, 0.2) is 0 Å². The van der Waals surface area contributed by atoms with E-state index in [-0.39, 0.29) is 0 Å². The average molecular weight is 410 g/mol. The lowest BCUT2D eigenvalue weighted by molar-refractivity contribution is 0.668. The zero-order chi connectivity index (χ0) is 21.1. The largest absolute Gasteiger partial charge is 0.456 e. The second-order valence-corrected chi connectivity index (χ2v) is 8.17. The number of benzene rings is 5. The number of hydrogen-bond donors (Lipinski definition) is 0. The lowest BCUT2D eigenvalue weighted by Gasteiger charge is -2.03. The molecule has 32 heavy (non-hydrogen) atoms. The van der Waals surface area contributed by atoms with Crippen molar-refractivity contribution >= 4 is 43.9 Å². The molecule has 5 aromatic carbocycles. The van der Waals surface area contributed by atoms with Crippen LogP contribution in [-0.2, 0) is 0 Å². The summed E-state index contributed by atoms with van der Waals surface area (Å²) in [5.41, 5.74) is 8.25. The van der Waals surface area contributed by atoms with Crippen LogP contribution in [0.2, 0.25) is 0 Å². The minimum absolute atomic E-state index is 0.902. The van der Waals surface area contributed by atoms with Crippen molar-refractivity contribution in [2.45, 2.75) is 0 Å². The third-order valence-electron chi connectivity index (χ3n) is 6.29. The maximum atomic E-state index is 6.39. The van der Waals surface area contributed by atoms with E-state index in [0.29, 0.717) is 0 Å². The number of para-hydroxylation sites is 2. The molecule has 2 heteroatoms. The molecule has 0 fully saturated rings. The first-order valence-corrected chi connectivity index (χ1v) is 10.8. The Bertz CT molecular complexity index is 1770. The van der Waals surface area contributed by atoms with Gasteiger partial charge in [0.25, 0.3) is 0 Å². The van der Waals surface area contributed by atoms with Crippen molar-refractivity contribution in [3.05, 3.63) is 109 Å². The van der Waals surface area contributed by atoms with Gasteiger partial charge in [0, 0.05) is 27.1 Å². The van der Waals surface area contributed by atoms with Crippen molar-refractivity contribution in [2.24, 2.45) is 0 Å². The van der Waals surface area contributed by atoms with Gasteiger partial charge in [-0.05, 0) is 47.0 Å². The molecule has 0 bridgehead atoms. The summed E-state index contributed by atoms with van der Waals surface area (Å²) in [5.74, 6) is 0. The topological polar surface area (TPSA) is 26.3 Å². The molecule has 0 saturated carbocycles. The van der Waals surface area contributed by atoms with Crippen molar-refractivity contribution in [1.82, 2.24) is 0 Å². The van der Waals surface area contributed by atoms with E-state index in [1.807, 2.05) is 24.3 Å². The highest BCUT2D eigenvalue weighted by Gasteiger charge is 2.14. The maximum absolute atomic E-state index is 6.39. The van der Waals surface area contributed by atoms with Gasteiger partial charge in [-0.2, -0.15) is 0 Å². The number of hydrogen-bond acceptors (Lipinski definition) is 2. The van der Waals surface area contributed by atoms with Crippen molar-refractivity contribution in [1.29, 1.82) is 0 Å². The summed E-state index contributed by atoms with van der Waals surface area (Å²) in [6.07, 6.45) is 0. The molecule has 150 valence electrons. The molecule has 0 radical (unpaired) electrons. The molecular formula is C30H18O2. The Kier molecular flexibility index (Phi) is 3.58. The Hall–Kier alpha value is -4.30. The van der Waals surface area contributed by atoms with E-state index in [2.05, 4.69) is 84.9 Å². The van der Waals surface area contributed by atoms with E-state index >= 15 is 0 Å². The van der Waals surface area contributed by atoms with Gasteiger partial charge >= 0.3 is 0 Å². The Morgan fingerprint density at radius 1 is 0.375 bits per heavy atom. The second kappa shape index (κ2) is 6.60. The normalized spacial score (nSPS) is 11.8. The smallest absolute Gasteiger partial charge is 0.143 e. The lowest BCUT2D eigenvalue weighted by Crippen LogP contribution is -1.79. The van der Waals surface area contributed by atoms with Crippen molar-refractivity contribution in [3.8, 4) is 22.3 Å². The highest BCUT2D eigenvalue weighted by atomic mass is 16.3. The molecule has 2 aromatic heterocycles. The predicted molar refractivity (Wildman–Crippen MR) is 132 cm³/mol. The van der Waals surface area contributed by atoms with Gasteiger partial charge in [-0.15, -0.1) is 0 Å². The summed E-state index contributed by atoms with van der Waals surface area (Å²) < 4.78 is 12.4. The predicted octanol–water partition coefficient (Wildman–Crippen LogP) is 8.82. The number of furan rings is 2. The third-order valence-corrected chi connectivity index (χ3v) is 6.29. The van der Waals surface area contributed by atoms with Crippen LogP contribution < -0.4 is 0 Å². The first kappa shape index (κ1) is 17.4. The van der Waals surface area contributed by atoms with E-state index in [0.717, 1.165) is 55.0 Å². The molecule has 7 aromatic rings. The molecule has 0 aliphatic carbocycles. The van der Waals surface area contributed by atoms with Crippen LogP contribution in [0.3, 0.4) is 0 Å². The molecule has 0 saturated heterocycles. The molecule has 0 N–H and O–H groups in total. The Labute approximate surface area is 184 Å². The van der Waals surface area contributed by atoms with Crippen molar-refractivity contribution in [2.75, 3.05) is 0 Å². The van der Waals surface area contributed by atoms with Gasteiger partial charge in [0.1, 0.15) is 22.3 Å². The SMILES string of the molecule is c1ccc(-c2ccc3oc4c(-c5ccc6oc7ccccc7c6c5)cccc4c3c2)cc1. The first-order valence-electron chi connectivity index (χ1n) is 10.8. The molecule has 2 nitrogen and oxygen atoms in total. The van der Waals surface area contributed by atoms with Crippen LogP contribution in [0.25, 0.3) is 66.1 Å². The number of rotatable bonds is 2. The third kappa shape index (κ3) is 2.53. The van der Waals surface area contributed by atoms with Gasteiger partial charge in [0.2, 0.25) is 0 Å². The summed E-state index contributed by atoms with van der Waals surface area (Å²) in [7, 11) is 0. The quantitative estimate of drug-likeness (QED) is 0.284. The van der Waals surface area contributed by atoms with E-state index in [1.165, 1.54) is 11.1 Å². The molecule has 0 atom stereocenters. The fraction of sp³-hybridized carbons (Fsp3) is 0. The van der Waals surface area contributed by atoms with Crippen LogP contribution in [0.1, 0.15) is 0 Å². The Balaban J connectivity index is 1.46. The first-order chi connectivity index (χ1) is 15.8. The minimum Gasteiger partial charge on any atom is -0.456 e. The lowest BCUT2D eigenvalue weighted by atomic mass is 9.99. The highest BCUT2D eigenvalue weighted by molar-refractivity contribution is 6.12. The van der Waals surface area contributed by atoms with Gasteiger partial charge in [0.05, 0.1) is 0 Å². The molecule has 0 unspecified atom stereocenters. The van der Waals surface area contributed by atoms with Crippen LogP contribution in [0.4, 0.5) is 0 Å². The zero-order valence-corrected chi connectivity index (χ0v) is 17.2. The average Bonchev–Trinajstić information content (AvgIpc) is 3.42. The number of fused-ring (bicyclic) bond motifs is 6.